The van der Waals surface area contributed by atoms with Crippen LogP contribution in [-0.2, 0) is 9.47 Å². The summed E-state index contributed by atoms with van der Waals surface area (Å²) in [6.07, 6.45) is 9.65. The van der Waals surface area contributed by atoms with Crippen LogP contribution in [0.5, 0.6) is 0 Å². The van der Waals surface area contributed by atoms with Crippen LogP contribution in [0.4, 0.5) is 0 Å². The van der Waals surface area contributed by atoms with Crippen molar-refractivity contribution in [2.45, 2.75) is 57.7 Å². The molecule has 1 heterocycles. The molecule has 0 bridgehead atoms. The smallest absolute Gasteiger partial charge is 0.158 e. The van der Waals surface area contributed by atoms with Gasteiger partial charge in [-0.25, -0.2) is 0 Å². The van der Waals surface area contributed by atoms with Crippen LogP contribution in [0.25, 0.3) is 0 Å². The van der Waals surface area contributed by atoms with Crippen LogP contribution in [0, 0.1) is 11.8 Å². The summed E-state index contributed by atoms with van der Waals surface area (Å²) in [5, 5.41) is 0. The minimum atomic E-state index is 0.00158. The van der Waals surface area contributed by atoms with E-state index in [9.17, 15) is 0 Å². The van der Waals surface area contributed by atoms with Gasteiger partial charge in [-0.05, 0) is 36.5 Å². The second-order valence-corrected chi connectivity index (χ2v) is 5.39. The Labute approximate surface area is 119 Å². The third-order valence-electron chi connectivity index (χ3n) is 2.79. The lowest BCUT2D eigenvalue weighted by atomic mass is 10.2. The van der Waals surface area contributed by atoms with Crippen molar-refractivity contribution in [2.24, 2.45) is 0 Å². The summed E-state index contributed by atoms with van der Waals surface area (Å²) >= 11 is 2.43. The fourth-order valence-electron chi connectivity index (χ4n) is 1.78. The van der Waals surface area contributed by atoms with E-state index in [4.69, 9.17) is 9.47 Å². The first kappa shape index (κ1) is 15.3. The van der Waals surface area contributed by atoms with Crippen molar-refractivity contribution in [1.29, 1.82) is 0 Å². The molecule has 1 aliphatic rings. The lowest BCUT2D eigenvalue weighted by Gasteiger charge is -2.21. The topological polar surface area (TPSA) is 18.5 Å². The van der Waals surface area contributed by atoms with Crippen LogP contribution < -0.4 is 0 Å². The molecule has 0 radical (unpaired) electrons. The lowest BCUT2D eigenvalue weighted by molar-refractivity contribution is -0.154. The molecule has 0 spiro atoms. The molecule has 0 saturated carbocycles. The average Bonchev–Trinajstić information content (AvgIpc) is 2.38. The van der Waals surface area contributed by atoms with Crippen molar-refractivity contribution in [3.05, 3.63) is 0 Å². The summed E-state index contributed by atoms with van der Waals surface area (Å²) in [7, 11) is 0. The van der Waals surface area contributed by atoms with Crippen LogP contribution in [0.15, 0.2) is 0 Å². The molecule has 1 aliphatic heterocycles. The molecule has 0 N–H and O–H groups in total. The van der Waals surface area contributed by atoms with Crippen molar-refractivity contribution >= 4 is 22.6 Å². The highest BCUT2D eigenvalue weighted by Crippen LogP contribution is 2.13. The van der Waals surface area contributed by atoms with Gasteiger partial charge in [0.05, 0.1) is 0 Å². The van der Waals surface area contributed by atoms with Gasteiger partial charge < -0.3 is 9.47 Å². The molecule has 2 nitrogen and oxygen atoms in total. The van der Waals surface area contributed by atoms with Crippen LogP contribution >= 0.6 is 22.6 Å². The van der Waals surface area contributed by atoms with Crippen LogP contribution in [0.2, 0.25) is 0 Å². The van der Waals surface area contributed by atoms with E-state index >= 15 is 0 Å². The maximum atomic E-state index is 5.53. The molecule has 1 atom stereocenters. The van der Waals surface area contributed by atoms with Gasteiger partial charge in [-0.3, -0.25) is 0 Å². The molecular weight excluding hydrogens is 327 g/mol. The van der Waals surface area contributed by atoms with Gasteiger partial charge in [-0.2, -0.15) is 0 Å². The maximum Gasteiger partial charge on any atom is 0.158 e. The summed E-state index contributed by atoms with van der Waals surface area (Å²) in [6, 6.07) is 0. The van der Waals surface area contributed by atoms with Crippen LogP contribution in [0.1, 0.15) is 51.4 Å². The van der Waals surface area contributed by atoms with Gasteiger partial charge in [0.1, 0.15) is 6.61 Å². The van der Waals surface area contributed by atoms with Gasteiger partial charge in [0, 0.05) is 13.0 Å². The normalized spacial score (nSPS) is 19.7. The van der Waals surface area contributed by atoms with Crippen molar-refractivity contribution in [1.82, 2.24) is 0 Å². The van der Waals surface area contributed by atoms with E-state index in [1.807, 2.05) is 0 Å². The lowest BCUT2D eigenvalue weighted by Crippen LogP contribution is -2.22. The van der Waals surface area contributed by atoms with E-state index in [0.717, 1.165) is 19.4 Å². The van der Waals surface area contributed by atoms with E-state index in [2.05, 4.69) is 34.4 Å². The number of hydrogen-bond donors (Lipinski definition) is 0. The zero-order chi connectivity index (χ0) is 12.2. The van der Waals surface area contributed by atoms with Gasteiger partial charge >= 0.3 is 0 Å². The molecular formula is C14H23IO2. The van der Waals surface area contributed by atoms with Crippen LogP contribution in [-0.4, -0.2) is 23.9 Å². The zero-order valence-corrected chi connectivity index (χ0v) is 12.7. The summed E-state index contributed by atoms with van der Waals surface area (Å²) in [6.45, 7) is 1.37. The molecule has 98 valence electrons. The molecule has 0 aromatic rings. The van der Waals surface area contributed by atoms with E-state index in [1.54, 1.807) is 0 Å². The molecule has 1 saturated heterocycles. The zero-order valence-electron chi connectivity index (χ0n) is 10.5. The first-order valence-corrected chi connectivity index (χ1v) is 8.21. The Hall–Kier alpha value is 0.210. The number of halogens is 1. The molecule has 0 aromatic heterocycles. The first-order valence-electron chi connectivity index (χ1n) is 6.68. The Kier molecular flexibility index (Phi) is 10.2. The Bertz CT molecular complexity index is 226. The molecule has 0 amide bonds. The third-order valence-corrected chi connectivity index (χ3v) is 3.55. The van der Waals surface area contributed by atoms with Crippen molar-refractivity contribution in [3.63, 3.8) is 0 Å². The number of rotatable bonds is 7. The van der Waals surface area contributed by atoms with E-state index in [0.29, 0.717) is 6.61 Å². The summed E-state index contributed by atoms with van der Waals surface area (Å²) in [4.78, 5) is 0. The second-order valence-electron chi connectivity index (χ2n) is 4.31. The maximum absolute atomic E-state index is 5.53. The Morgan fingerprint density at radius 2 is 2.00 bits per heavy atom. The highest BCUT2D eigenvalue weighted by molar-refractivity contribution is 14.1. The van der Waals surface area contributed by atoms with E-state index < -0.39 is 0 Å². The summed E-state index contributed by atoms with van der Waals surface area (Å²) < 4.78 is 12.3. The minimum Gasteiger partial charge on any atom is -0.353 e. The van der Waals surface area contributed by atoms with Crippen molar-refractivity contribution in [3.8, 4) is 11.8 Å². The van der Waals surface area contributed by atoms with Gasteiger partial charge in [0.15, 0.2) is 6.29 Å². The second kappa shape index (κ2) is 11.3. The molecule has 3 heteroatoms. The molecule has 0 aliphatic carbocycles. The van der Waals surface area contributed by atoms with E-state index in [-0.39, 0.29) is 6.29 Å². The SMILES string of the molecule is ICCCCCCC#CCO[C@H]1CCCCO1. The van der Waals surface area contributed by atoms with Gasteiger partial charge in [-0.15, -0.1) is 5.92 Å². The number of ether oxygens (including phenoxy) is 2. The molecule has 17 heavy (non-hydrogen) atoms. The third kappa shape index (κ3) is 8.87. The first-order chi connectivity index (χ1) is 8.43. The van der Waals surface area contributed by atoms with Gasteiger partial charge in [-0.1, -0.05) is 41.4 Å². The molecule has 0 unspecified atom stereocenters. The number of hydrogen-bond acceptors (Lipinski definition) is 2. The van der Waals surface area contributed by atoms with Gasteiger partial charge in [0.2, 0.25) is 0 Å². The Morgan fingerprint density at radius 3 is 2.76 bits per heavy atom. The Balaban J connectivity index is 1.88. The fraction of sp³-hybridized carbons (Fsp3) is 0.857. The van der Waals surface area contributed by atoms with E-state index in [1.165, 1.54) is 43.0 Å². The monoisotopic (exact) mass is 350 g/mol. The minimum absolute atomic E-state index is 0.00158. The average molecular weight is 350 g/mol. The highest BCUT2D eigenvalue weighted by Gasteiger charge is 2.12. The Morgan fingerprint density at radius 1 is 1.12 bits per heavy atom. The predicted octanol–water partition coefficient (Wildman–Crippen LogP) is 3.92. The fourth-order valence-corrected chi connectivity index (χ4v) is 2.32. The standard InChI is InChI=1S/C14H23IO2/c15-11-7-4-2-1-3-5-8-12-16-14-10-6-9-13-17-14/h14H,1-4,6-7,9-13H2/t14-/m1/s1. The predicted molar refractivity (Wildman–Crippen MR) is 79.3 cm³/mol. The number of unbranched alkanes of at least 4 members (excludes halogenated alkanes) is 4. The highest BCUT2D eigenvalue weighted by atomic mass is 127. The molecule has 1 fully saturated rings. The van der Waals surface area contributed by atoms with Crippen molar-refractivity contribution in [2.75, 3.05) is 17.6 Å². The summed E-state index contributed by atoms with van der Waals surface area (Å²) in [5.41, 5.74) is 0. The number of alkyl halides is 1. The molecule has 0 aromatic carbocycles. The molecule has 1 rings (SSSR count). The van der Waals surface area contributed by atoms with Crippen LogP contribution in [0.3, 0.4) is 0 Å². The quantitative estimate of drug-likeness (QED) is 0.300. The van der Waals surface area contributed by atoms with Crippen molar-refractivity contribution < 1.29 is 9.47 Å². The summed E-state index contributed by atoms with van der Waals surface area (Å²) in [5.74, 6) is 6.24. The largest absolute Gasteiger partial charge is 0.353 e. The van der Waals surface area contributed by atoms with Gasteiger partial charge in [0.25, 0.3) is 0 Å².